The minimum atomic E-state index is -2.96. The lowest BCUT2D eigenvalue weighted by molar-refractivity contribution is -0.151. The van der Waals surface area contributed by atoms with Gasteiger partial charge >= 0.3 is 0 Å². The Labute approximate surface area is 340 Å². The number of Topliss-reactive ketones (excluding diaryl/α,β-unsaturated/α-hetero) is 3. The van der Waals surface area contributed by atoms with E-state index in [2.05, 4.69) is 11.7 Å². The largest absolute Gasteiger partial charge is 0.488 e. The van der Waals surface area contributed by atoms with E-state index in [9.17, 15) is 0 Å². The van der Waals surface area contributed by atoms with Crippen LogP contribution in [0.3, 0.4) is 0 Å². The smallest absolute Gasteiger partial charge is 0.265 e. The SMILES string of the molecule is C=CCN1Cc2c(F)c3c(c(OCc4ccccc4)c2C1)C(=O)C1C(=O)[C@]2(O[Si](C)(C)C(C)(C)C)C(=O)c4c(OCc5ccccc5)noc4[C@@H](N(C)C)[C@@H]2C[C@@H]1C3. The van der Waals surface area contributed by atoms with Gasteiger partial charge in [-0.15, -0.1) is 6.58 Å². The van der Waals surface area contributed by atoms with Crippen molar-refractivity contribution in [2.45, 2.75) is 89.7 Å². The molecule has 1 saturated carbocycles. The molecule has 3 aliphatic carbocycles. The van der Waals surface area contributed by atoms with E-state index in [-0.39, 0.29) is 54.4 Å². The molecule has 0 bridgehead atoms. The van der Waals surface area contributed by atoms with Crippen molar-refractivity contribution in [1.29, 1.82) is 0 Å². The first-order chi connectivity index (χ1) is 27.6. The Balaban J connectivity index is 1.28. The molecule has 4 aromatic rings. The third-order valence-electron chi connectivity index (χ3n) is 13.2. The zero-order valence-corrected chi connectivity index (χ0v) is 35.4. The first-order valence-electron chi connectivity index (χ1n) is 20.1. The molecule has 0 N–H and O–H groups in total. The van der Waals surface area contributed by atoms with Gasteiger partial charge in [-0.3, -0.25) is 24.2 Å². The second kappa shape index (κ2) is 14.8. The molecule has 5 atom stereocenters. The van der Waals surface area contributed by atoms with Crippen molar-refractivity contribution in [2.75, 3.05) is 20.6 Å². The summed E-state index contributed by atoms with van der Waals surface area (Å²) in [6.07, 6.45) is 2.12. The highest BCUT2D eigenvalue weighted by atomic mass is 28.4. The Morgan fingerprint density at radius 1 is 0.948 bits per heavy atom. The lowest BCUT2D eigenvalue weighted by Crippen LogP contribution is -2.70. The van der Waals surface area contributed by atoms with E-state index >= 15 is 18.8 Å². The Morgan fingerprint density at radius 3 is 2.17 bits per heavy atom. The van der Waals surface area contributed by atoms with Crippen molar-refractivity contribution < 1.29 is 37.2 Å². The zero-order chi connectivity index (χ0) is 41.3. The van der Waals surface area contributed by atoms with Crippen molar-refractivity contribution in [3.63, 3.8) is 0 Å². The topological polar surface area (TPSA) is 111 Å². The monoisotopic (exact) mass is 805 g/mol. The molecule has 0 saturated heterocycles. The fraction of sp³-hybridized carbons (Fsp3) is 0.435. The molecule has 1 fully saturated rings. The van der Waals surface area contributed by atoms with Crippen LogP contribution >= 0.6 is 0 Å². The van der Waals surface area contributed by atoms with E-state index in [4.69, 9.17) is 18.4 Å². The van der Waals surface area contributed by atoms with Crippen LogP contribution in [-0.4, -0.2) is 66.9 Å². The molecule has 2 heterocycles. The number of ketones is 3. The molecule has 1 aliphatic heterocycles. The third kappa shape index (κ3) is 6.39. The summed E-state index contributed by atoms with van der Waals surface area (Å²) >= 11 is 0. The Morgan fingerprint density at radius 2 is 1.57 bits per heavy atom. The van der Waals surface area contributed by atoms with Crippen LogP contribution in [0.2, 0.25) is 18.1 Å². The summed E-state index contributed by atoms with van der Waals surface area (Å²) < 4.78 is 43.0. The zero-order valence-electron chi connectivity index (χ0n) is 34.4. The van der Waals surface area contributed by atoms with Crippen molar-refractivity contribution in [2.24, 2.45) is 17.8 Å². The predicted octanol–water partition coefficient (Wildman–Crippen LogP) is 8.29. The number of aromatic nitrogens is 1. The molecule has 1 unspecified atom stereocenters. The van der Waals surface area contributed by atoms with Crippen LogP contribution < -0.4 is 9.47 Å². The van der Waals surface area contributed by atoms with Crippen LogP contribution in [0, 0.1) is 23.6 Å². The van der Waals surface area contributed by atoms with Gasteiger partial charge in [-0.1, -0.05) is 87.5 Å². The second-order valence-corrected chi connectivity index (χ2v) is 22.8. The summed E-state index contributed by atoms with van der Waals surface area (Å²) in [5.41, 5.74) is 1.18. The van der Waals surface area contributed by atoms with Gasteiger partial charge in [0.2, 0.25) is 5.78 Å². The van der Waals surface area contributed by atoms with Crippen molar-refractivity contribution in [3.05, 3.63) is 124 Å². The summed E-state index contributed by atoms with van der Waals surface area (Å²) in [6, 6.07) is 18.4. The maximum Gasteiger partial charge on any atom is 0.265 e. The molecule has 0 amide bonds. The maximum atomic E-state index is 17.0. The lowest BCUT2D eigenvalue weighted by Gasteiger charge is -2.56. The van der Waals surface area contributed by atoms with Gasteiger partial charge in [-0.05, 0) is 67.3 Å². The summed E-state index contributed by atoms with van der Waals surface area (Å²) in [5, 5.41) is 3.86. The van der Waals surface area contributed by atoms with Crippen LogP contribution in [0.1, 0.15) is 87.5 Å². The van der Waals surface area contributed by atoms with E-state index in [1.807, 2.05) is 118 Å². The quantitative estimate of drug-likeness (QED) is 0.0834. The molecule has 4 aliphatic rings. The number of hydrogen-bond acceptors (Lipinski definition) is 10. The highest BCUT2D eigenvalue weighted by Crippen LogP contribution is 2.59. The number of carbonyl (C=O) groups excluding carboxylic acids is 3. The molecule has 12 heteroatoms. The number of benzene rings is 3. The van der Waals surface area contributed by atoms with Gasteiger partial charge in [-0.25, -0.2) is 4.39 Å². The molecule has 8 rings (SSSR count). The van der Waals surface area contributed by atoms with Gasteiger partial charge in [0.05, 0.1) is 17.5 Å². The molecule has 3 aromatic carbocycles. The summed E-state index contributed by atoms with van der Waals surface area (Å²) in [7, 11) is 0.765. The van der Waals surface area contributed by atoms with Gasteiger partial charge < -0.3 is 18.4 Å². The summed E-state index contributed by atoms with van der Waals surface area (Å²) in [6.45, 7) is 15.5. The Hall–Kier alpha value is -4.75. The number of nitrogens with zero attached hydrogens (tertiary/aromatic N) is 3. The third-order valence-corrected chi connectivity index (χ3v) is 17.6. The minimum absolute atomic E-state index is 0.0269. The van der Waals surface area contributed by atoms with Crippen molar-refractivity contribution in [3.8, 4) is 11.6 Å². The number of ether oxygens (including phenoxy) is 2. The lowest BCUT2D eigenvalue weighted by atomic mass is 9.54. The van der Waals surface area contributed by atoms with Crippen molar-refractivity contribution >= 4 is 25.7 Å². The van der Waals surface area contributed by atoms with Gasteiger partial charge in [0, 0.05) is 42.2 Å². The van der Waals surface area contributed by atoms with Crippen LogP contribution in [0.4, 0.5) is 4.39 Å². The van der Waals surface area contributed by atoms with Crippen molar-refractivity contribution in [1.82, 2.24) is 15.0 Å². The van der Waals surface area contributed by atoms with Gasteiger partial charge in [-0.2, -0.15) is 0 Å². The van der Waals surface area contributed by atoms with E-state index in [0.717, 1.165) is 11.1 Å². The Kier molecular flexibility index (Phi) is 10.2. The second-order valence-electron chi connectivity index (χ2n) is 18.0. The van der Waals surface area contributed by atoms with Crippen LogP contribution in [0.15, 0.2) is 77.8 Å². The van der Waals surface area contributed by atoms with Crippen LogP contribution in [0.25, 0.3) is 0 Å². The number of carbonyl (C=O) groups is 3. The average molecular weight is 806 g/mol. The maximum absolute atomic E-state index is 17.0. The molecule has 10 nitrogen and oxygen atoms in total. The molecule has 304 valence electrons. The van der Waals surface area contributed by atoms with Gasteiger partial charge in [0.15, 0.2) is 31.2 Å². The highest BCUT2D eigenvalue weighted by Gasteiger charge is 2.70. The molecule has 1 aromatic heterocycles. The summed E-state index contributed by atoms with van der Waals surface area (Å²) in [5.74, 6) is -4.28. The highest BCUT2D eigenvalue weighted by molar-refractivity contribution is 6.74. The van der Waals surface area contributed by atoms with E-state index < -0.39 is 65.9 Å². The molecule has 0 spiro atoms. The summed E-state index contributed by atoms with van der Waals surface area (Å²) in [4.78, 5) is 50.8. The van der Waals surface area contributed by atoms with Gasteiger partial charge in [0.25, 0.3) is 5.88 Å². The first-order valence-corrected chi connectivity index (χ1v) is 23.0. The molecular formula is C46H52FN3O7Si. The normalized spacial score (nSPS) is 24.2. The number of fused-ring (bicyclic) bond motifs is 5. The van der Waals surface area contributed by atoms with E-state index in [0.29, 0.717) is 36.5 Å². The number of hydrogen-bond donors (Lipinski definition) is 0. The average Bonchev–Trinajstić information content (AvgIpc) is 3.80. The molecule has 58 heavy (non-hydrogen) atoms. The fourth-order valence-corrected chi connectivity index (χ4v) is 10.8. The van der Waals surface area contributed by atoms with Gasteiger partial charge in [0.1, 0.15) is 30.3 Å². The number of halogens is 1. The Bertz CT molecular complexity index is 2290. The minimum Gasteiger partial charge on any atom is -0.488 e. The fourth-order valence-electron chi connectivity index (χ4n) is 9.39. The van der Waals surface area contributed by atoms with E-state index in [1.165, 1.54) is 0 Å². The molecular weight excluding hydrogens is 754 g/mol. The predicted molar refractivity (Wildman–Crippen MR) is 219 cm³/mol. The first kappa shape index (κ1) is 40.0. The standard InChI is InChI=1S/C46H52FN3O7Si/c1-9-20-50-23-31-32(24-50)40(54-25-27-16-12-10-13-17-27)35-30(37(31)47)21-29-22-33-38(49(5)6)41-36(44(48-56-41)55-26-28-18-14-11-15-19-28)43(53)46(33,42(52)34(29)39(35)51)57-58(7,8)45(2,3)4/h9-19,29,33-34,38H,1,20-26H2,2-8H3/t29-,33-,34?,38-,46-/m0/s1. The van der Waals surface area contributed by atoms with Crippen LogP contribution in [-0.2, 0) is 41.9 Å². The number of rotatable bonds is 11. The van der Waals surface area contributed by atoms with Crippen LogP contribution in [0.5, 0.6) is 11.6 Å². The molecule has 0 radical (unpaired) electrons. The van der Waals surface area contributed by atoms with E-state index in [1.54, 1.807) is 6.08 Å².